The van der Waals surface area contributed by atoms with E-state index >= 15 is 0 Å². The Hall–Kier alpha value is -2.08. The number of ether oxygens (including phenoxy) is 1. The fourth-order valence-corrected chi connectivity index (χ4v) is 4.26. The normalized spacial score (nSPS) is 23.1. The van der Waals surface area contributed by atoms with Crippen LogP contribution in [0.4, 0.5) is 0 Å². The largest absolute Gasteiger partial charge is 0.480 e. The minimum Gasteiger partial charge on any atom is -0.480 e. The third-order valence-electron chi connectivity index (χ3n) is 5.35. The fourth-order valence-electron chi connectivity index (χ4n) is 3.95. The second kappa shape index (κ2) is 8.74. The summed E-state index contributed by atoms with van der Waals surface area (Å²) in [6, 6.07) is 12.7. The topological polar surface area (TPSA) is 66.8 Å². The minimum absolute atomic E-state index is 0.208. The summed E-state index contributed by atoms with van der Waals surface area (Å²) in [6.45, 7) is 3.55. The second-order valence-electron chi connectivity index (χ2n) is 7.30. The first-order valence-corrected chi connectivity index (χ1v) is 10.2. The first kappa shape index (κ1) is 21.6. The van der Waals surface area contributed by atoms with E-state index in [0.717, 1.165) is 11.1 Å². The molecule has 0 aliphatic carbocycles. The fraction of sp³-hybridized carbons (Fsp3) is 0.364. The van der Waals surface area contributed by atoms with Crippen LogP contribution in [0.3, 0.4) is 0 Å². The second-order valence-corrected chi connectivity index (χ2v) is 8.18. The number of nitrogens with zero attached hydrogens (tertiary/aromatic N) is 1. The van der Waals surface area contributed by atoms with Gasteiger partial charge in [0.2, 0.25) is 5.91 Å². The molecule has 1 amide bonds. The lowest BCUT2D eigenvalue weighted by atomic mass is 9.80. The Bertz CT molecular complexity index is 902. The molecule has 3 atom stereocenters. The van der Waals surface area contributed by atoms with E-state index in [4.69, 9.17) is 27.9 Å². The molecule has 1 aliphatic rings. The molecule has 7 heteroatoms. The zero-order chi connectivity index (χ0) is 21.2. The Labute approximate surface area is 180 Å². The van der Waals surface area contributed by atoms with Gasteiger partial charge >= 0.3 is 5.97 Å². The predicted molar refractivity (Wildman–Crippen MR) is 112 cm³/mol. The van der Waals surface area contributed by atoms with Gasteiger partial charge in [-0.15, -0.1) is 0 Å². The highest BCUT2D eigenvalue weighted by Crippen LogP contribution is 2.47. The first-order valence-electron chi connectivity index (χ1n) is 9.47. The summed E-state index contributed by atoms with van der Waals surface area (Å²) < 4.78 is 6.08. The van der Waals surface area contributed by atoms with E-state index in [9.17, 15) is 14.7 Å². The number of rotatable bonds is 6. The van der Waals surface area contributed by atoms with Crippen molar-refractivity contribution in [3.05, 3.63) is 69.7 Å². The van der Waals surface area contributed by atoms with Crippen LogP contribution in [0.15, 0.2) is 48.5 Å². The van der Waals surface area contributed by atoms with Crippen molar-refractivity contribution < 1.29 is 19.4 Å². The van der Waals surface area contributed by atoms with E-state index in [-0.39, 0.29) is 12.5 Å². The molecule has 29 heavy (non-hydrogen) atoms. The van der Waals surface area contributed by atoms with Crippen LogP contribution in [0.5, 0.6) is 0 Å². The number of carboxylic acid groups (broad SMARTS) is 1. The SMILES string of the molecule is CCC[C@@H](C(=O)O)N1C(=O)CO[C@@](C)(c2cccc(Cl)c2)[C@H]1c1ccc(Cl)cc1. The summed E-state index contributed by atoms with van der Waals surface area (Å²) in [7, 11) is 0. The molecule has 1 heterocycles. The van der Waals surface area contributed by atoms with Crippen molar-refractivity contribution in [2.24, 2.45) is 0 Å². The van der Waals surface area contributed by atoms with Crippen LogP contribution < -0.4 is 0 Å². The van der Waals surface area contributed by atoms with Gasteiger partial charge in [0.05, 0.1) is 6.04 Å². The average molecular weight is 436 g/mol. The van der Waals surface area contributed by atoms with Crippen molar-refractivity contribution in [3.63, 3.8) is 0 Å². The average Bonchev–Trinajstić information content (AvgIpc) is 2.69. The monoisotopic (exact) mass is 435 g/mol. The number of hydrogen-bond donors (Lipinski definition) is 1. The molecule has 1 aliphatic heterocycles. The molecule has 0 bridgehead atoms. The summed E-state index contributed by atoms with van der Waals surface area (Å²) in [5.41, 5.74) is 0.518. The summed E-state index contributed by atoms with van der Waals surface area (Å²) in [4.78, 5) is 26.5. The van der Waals surface area contributed by atoms with E-state index in [1.807, 2.05) is 26.0 Å². The van der Waals surface area contributed by atoms with Crippen LogP contribution in [0.25, 0.3) is 0 Å². The number of amides is 1. The molecule has 0 aromatic heterocycles. The molecule has 0 saturated carbocycles. The van der Waals surface area contributed by atoms with Gasteiger partial charge in [0, 0.05) is 10.0 Å². The minimum atomic E-state index is -1.03. The van der Waals surface area contributed by atoms with Crippen LogP contribution >= 0.6 is 23.2 Å². The zero-order valence-electron chi connectivity index (χ0n) is 16.3. The third-order valence-corrected chi connectivity index (χ3v) is 5.84. The van der Waals surface area contributed by atoms with Crippen molar-refractivity contribution in [1.29, 1.82) is 0 Å². The Morgan fingerprint density at radius 3 is 2.52 bits per heavy atom. The van der Waals surface area contributed by atoms with Crippen molar-refractivity contribution in [2.75, 3.05) is 6.61 Å². The lowest BCUT2D eigenvalue weighted by Gasteiger charge is -2.50. The van der Waals surface area contributed by atoms with E-state index in [1.165, 1.54) is 4.90 Å². The van der Waals surface area contributed by atoms with Gasteiger partial charge in [-0.05, 0) is 48.7 Å². The Morgan fingerprint density at radius 1 is 1.24 bits per heavy atom. The van der Waals surface area contributed by atoms with Gasteiger partial charge in [0.25, 0.3) is 0 Å². The maximum atomic E-state index is 12.9. The van der Waals surface area contributed by atoms with Gasteiger partial charge in [-0.3, -0.25) is 4.79 Å². The summed E-state index contributed by atoms with van der Waals surface area (Å²) >= 11 is 12.3. The van der Waals surface area contributed by atoms with Crippen molar-refractivity contribution in [1.82, 2.24) is 4.90 Å². The molecule has 2 aromatic rings. The molecule has 1 saturated heterocycles. The lowest BCUT2D eigenvalue weighted by molar-refractivity contribution is -0.189. The molecule has 0 unspecified atom stereocenters. The van der Waals surface area contributed by atoms with Gasteiger partial charge < -0.3 is 14.7 Å². The number of carboxylic acids is 1. The number of hydrogen-bond acceptors (Lipinski definition) is 3. The van der Waals surface area contributed by atoms with Crippen LogP contribution in [0.2, 0.25) is 10.0 Å². The number of halogens is 2. The van der Waals surface area contributed by atoms with E-state index < -0.39 is 23.7 Å². The molecule has 154 valence electrons. The molecule has 0 spiro atoms. The molecular formula is C22H23Cl2NO4. The Balaban J connectivity index is 2.21. The third kappa shape index (κ3) is 4.27. The van der Waals surface area contributed by atoms with Crippen molar-refractivity contribution in [3.8, 4) is 0 Å². The molecule has 2 aromatic carbocycles. The highest BCUT2D eigenvalue weighted by molar-refractivity contribution is 6.30. The van der Waals surface area contributed by atoms with Crippen LogP contribution in [-0.2, 0) is 19.9 Å². The quantitative estimate of drug-likeness (QED) is 0.687. The smallest absolute Gasteiger partial charge is 0.326 e. The Kier molecular flexibility index (Phi) is 6.52. The number of aliphatic carboxylic acids is 1. The zero-order valence-corrected chi connectivity index (χ0v) is 17.8. The summed E-state index contributed by atoms with van der Waals surface area (Å²) in [6.07, 6.45) is 0.972. The van der Waals surface area contributed by atoms with Crippen LogP contribution in [0.1, 0.15) is 43.9 Å². The molecule has 5 nitrogen and oxygen atoms in total. The van der Waals surface area contributed by atoms with E-state index in [0.29, 0.717) is 22.9 Å². The lowest BCUT2D eigenvalue weighted by Crippen LogP contribution is -2.58. The van der Waals surface area contributed by atoms with Gasteiger partial charge in [0.15, 0.2) is 0 Å². The van der Waals surface area contributed by atoms with Crippen molar-refractivity contribution in [2.45, 2.75) is 44.4 Å². The van der Waals surface area contributed by atoms with E-state index in [2.05, 4.69) is 0 Å². The van der Waals surface area contributed by atoms with Crippen LogP contribution in [0, 0.1) is 0 Å². The predicted octanol–water partition coefficient (Wildman–Crippen LogP) is 5.06. The first-order chi connectivity index (χ1) is 13.8. The summed E-state index contributed by atoms with van der Waals surface area (Å²) in [5.74, 6) is -1.39. The number of benzene rings is 2. The molecule has 1 fully saturated rings. The number of carbonyl (C=O) groups is 2. The molecule has 0 radical (unpaired) electrons. The maximum Gasteiger partial charge on any atom is 0.326 e. The Morgan fingerprint density at radius 2 is 1.93 bits per heavy atom. The van der Waals surface area contributed by atoms with Gasteiger partial charge in [-0.1, -0.05) is 60.8 Å². The van der Waals surface area contributed by atoms with Gasteiger partial charge in [0.1, 0.15) is 18.2 Å². The summed E-state index contributed by atoms with van der Waals surface area (Å²) in [5, 5.41) is 11.0. The van der Waals surface area contributed by atoms with Crippen molar-refractivity contribution >= 4 is 35.1 Å². The molecule has 3 rings (SSSR count). The highest BCUT2D eigenvalue weighted by Gasteiger charge is 2.51. The number of carbonyl (C=O) groups excluding carboxylic acids is 1. The standard InChI is InChI=1S/C22H23Cl2NO4/c1-3-5-18(21(27)28)25-19(26)13-29-22(2,15-6-4-7-17(24)12-15)20(25)14-8-10-16(23)11-9-14/h4,6-12,18,20H,3,5,13H2,1-2H3,(H,27,28)/t18-,20+,22-/m0/s1. The number of morpholine rings is 1. The highest BCUT2D eigenvalue weighted by atomic mass is 35.5. The van der Waals surface area contributed by atoms with Gasteiger partial charge in [-0.2, -0.15) is 0 Å². The van der Waals surface area contributed by atoms with Gasteiger partial charge in [-0.25, -0.2) is 4.79 Å². The van der Waals surface area contributed by atoms with Crippen LogP contribution in [-0.4, -0.2) is 34.5 Å². The molecular weight excluding hydrogens is 413 g/mol. The molecule has 1 N–H and O–H groups in total. The van der Waals surface area contributed by atoms with E-state index in [1.54, 1.807) is 36.4 Å². The maximum absolute atomic E-state index is 12.9.